The zero-order valence-electron chi connectivity index (χ0n) is 16.1. The molecule has 1 saturated heterocycles. The second-order valence-electron chi connectivity index (χ2n) is 6.62. The van der Waals surface area contributed by atoms with Gasteiger partial charge in [-0.2, -0.15) is 0 Å². The number of nitrogens with zero attached hydrogens (tertiary/aromatic N) is 6. The fraction of sp³-hybridized carbons (Fsp3) is 0.350. The molecule has 3 aromatic rings. The van der Waals surface area contributed by atoms with Gasteiger partial charge in [-0.1, -0.05) is 12.1 Å². The number of aryl methyl sites for hydroxylation is 1. The van der Waals surface area contributed by atoms with Gasteiger partial charge in [-0.25, -0.2) is 0 Å². The van der Waals surface area contributed by atoms with Crippen LogP contribution in [0.1, 0.15) is 18.4 Å². The Morgan fingerprint density at radius 3 is 2.76 bits per heavy atom. The molecule has 1 aliphatic heterocycles. The number of carboxylic acid groups (broad SMARTS) is 1. The van der Waals surface area contributed by atoms with Crippen molar-refractivity contribution in [3.8, 4) is 0 Å². The third-order valence-electron chi connectivity index (χ3n) is 4.78. The van der Waals surface area contributed by atoms with Crippen LogP contribution in [0.25, 0.3) is 5.65 Å². The van der Waals surface area contributed by atoms with Crippen LogP contribution in [0.4, 0.5) is 5.95 Å². The molecule has 152 valence electrons. The monoisotopic (exact) mass is 396 g/mol. The second-order valence-corrected chi connectivity index (χ2v) is 6.62. The average molecular weight is 396 g/mol. The smallest absolute Gasteiger partial charge is 0.290 e. The summed E-state index contributed by atoms with van der Waals surface area (Å²) in [4.78, 5) is 29.2. The first kappa shape index (κ1) is 20.2. The number of aromatic nitrogens is 4. The van der Waals surface area contributed by atoms with Gasteiger partial charge >= 0.3 is 0 Å². The van der Waals surface area contributed by atoms with E-state index < -0.39 is 0 Å². The SMILES string of the molecule is O=C(CCc1cccnc1)N1CCCN(c2nnc3ccccn23)CC1.O=CO. The minimum Gasteiger partial charge on any atom is -0.483 e. The Labute approximate surface area is 168 Å². The fourth-order valence-corrected chi connectivity index (χ4v) is 3.37. The molecule has 0 atom stereocenters. The number of hydrogen-bond donors (Lipinski definition) is 1. The predicted molar refractivity (Wildman–Crippen MR) is 108 cm³/mol. The van der Waals surface area contributed by atoms with Crippen LogP contribution in [-0.2, 0) is 16.0 Å². The molecule has 1 N–H and O–H groups in total. The van der Waals surface area contributed by atoms with Crippen LogP contribution in [-0.4, -0.2) is 68.1 Å². The molecule has 9 heteroatoms. The van der Waals surface area contributed by atoms with Crippen LogP contribution < -0.4 is 4.90 Å². The molecule has 3 aromatic heterocycles. The lowest BCUT2D eigenvalue weighted by Crippen LogP contribution is -2.35. The van der Waals surface area contributed by atoms with E-state index in [0.717, 1.165) is 49.6 Å². The molecule has 0 aromatic carbocycles. The van der Waals surface area contributed by atoms with Gasteiger partial charge in [-0.15, -0.1) is 10.2 Å². The highest BCUT2D eigenvalue weighted by Gasteiger charge is 2.21. The Hall–Kier alpha value is -3.49. The second kappa shape index (κ2) is 10.2. The summed E-state index contributed by atoms with van der Waals surface area (Å²) in [5.74, 6) is 1.06. The van der Waals surface area contributed by atoms with E-state index in [4.69, 9.17) is 9.90 Å². The fourth-order valence-electron chi connectivity index (χ4n) is 3.37. The van der Waals surface area contributed by atoms with E-state index >= 15 is 0 Å². The number of fused-ring (bicyclic) bond motifs is 1. The number of carbonyl (C=O) groups excluding carboxylic acids is 1. The molecular formula is C20H24N6O3. The van der Waals surface area contributed by atoms with E-state index in [-0.39, 0.29) is 12.4 Å². The van der Waals surface area contributed by atoms with Gasteiger partial charge in [0.15, 0.2) is 5.65 Å². The molecule has 0 spiro atoms. The summed E-state index contributed by atoms with van der Waals surface area (Å²) in [6.45, 7) is 2.91. The molecule has 1 amide bonds. The maximum absolute atomic E-state index is 12.6. The first-order chi connectivity index (χ1) is 14.2. The number of anilines is 1. The maximum Gasteiger partial charge on any atom is 0.290 e. The molecule has 0 unspecified atom stereocenters. The quantitative estimate of drug-likeness (QED) is 0.667. The molecule has 0 aliphatic carbocycles. The summed E-state index contributed by atoms with van der Waals surface area (Å²) in [5.41, 5.74) is 1.95. The molecule has 0 radical (unpaired) electrons. The van der Waals surface area contributed by atoms with Crippen molar-refractivity contribution in [2.24, 2.45) is 0 Å². The van der Waals surface area contributed by atoms with Gasteiger partial charge in [0.05, 0.1) is 0 Å². The van der Waals surface area contributed by atoms with Crippen LogP contribution in [0, 0.1) is 0 Å². The lowest BCUT2D eigenvalue weighted by molar-refractivity contribution is -0.131. The number of rotatable bonds is 4. The van der Waals surface area contributed by atoms with Gasteiger partial charge in [0.2, 0.25) is 11.9 Å². The first-order valence-corrected chi connectivity index (χ1v) is 9.52. The molecule has 4 heterocycles. The van der Waals surface area contributed by atoms with E-state index in [9.17, 15) is 4.79 Å². The van der Waals surface area contributed by atoms with E-state index in [0.29, 0.717) is 13.0 Å². The number of carbonyl (C=O) groups is 2. The highest BCUT2D eigenvalue weighted by atomic mass is 16.3. The van der Waals surface area contributed by atoms with E-state index in [1.165, 1.54) is 0 Å². The molecule has 9 nitrogen and oxygen atoms in total. The Balaban J connectivity index is 0.000000755. The summed E-state index contributed by atoms with van der Waals surface area (Å²) in [5, 5.41) is 15.5. The number of hydrogen-bond acceptors (Lipinski definition) is 6. The number of pyridine rings is 2. The van der Waals surface area contributed by atoms with Crippen LogP contribution >= 0.6 is 0 Å². The summed E-state index contributed by atoms with van der Waals surface area (Å²) in [7, 11) is 0. The van der Waals surface area contributed by atoms with E-state index in [1.807, 2.05) is 52.0 Å². The van der Waals surface area contributed by atoms with Crippen molar-refractivity contribution in [1.29, 1.82) is 0 Å². The molecular weight excluding hydrogens is 372 g/mol. The van der Waals surface area contributed by atoms with Gasteiger partial charge in [0.1, 0.15) is 0 Å². The molecule has 1 fully saturated rings. The molecule has 1 aliphatic rings. The highest BCUT2D eigenvalue weighted by Crippen LogP contribution is 2.16. The molecule has 0 saturated carbocycles. The van der Waals surface area contributed by atoms with E-state index in [2.05, 4.69) is 20.1 Å². The van der Waals surface area contributed by atoms with Crippen LogP contribution in [0.15, 0.2) is 48.9 Å². The van der Waals surface area contributed by atoms with Crippen LogP contribution in [0.5, 0.6) is 0 Å². The summed E-state index contributed by atoms with van der Waals surface area (Å²) in [6.07, 6.45) is 7.75. The first-order valence-electron chi connectivity index (χ1n) is 9.52. The third kappa shape index (κ3) is 5.28. The summed E-state index contributed by atoms with van der Waals surface area (Å²) < 4.78 is 2.00. The predicted octanol–water partition coefficient (Wildman–Crippen LogP) is 1.50. The van der Waals surface area contributed by atoms with Crippen molar-refractivity contribution < 1.29 is 14.7 Å². The van der Waals surface area contributed by atoms with E-state index in [1.54, 1.807) is 6.20 Å². The average Bonchev–Trinajstić information content (AvgIpc) is 3.03. The largest absolute Gasteiger partial charge is 0.483 e. The molecule has 4 rings (SSSR count). The maximum atomic E-state index is 12.6. The van der Waals surface area contributed by atoms with Crippen molar-refractivity contribution in [3.63, 3.8) is 0 Å². The topological polar surface area (TPSA) is 104 Å². The summed E-state index contributed by atoms with van der Waals surface area (Å²) in [6, 6.07) is 9.81. The van der Waals surface area contributed by atoms with Gasteiger partial charge in [0, 0.05) is 51.2 Å². The van der Waals surface area contributed by atoms with Crippen LogP contribution in [0.3, 0.4) is 0 Å². The highest BCUT2D eigenvalue weighted by molar-refractivity contribution is 5.76. The van der Waals surface area contributed by atoms with Gasteiger partial charge in [-0.3, -0.25) is 19.0 Å². The zero-order chi connectivity index (χ0) is 20.5. The normalized spacial score (nSPS) is 14.1. The van der Waals surface area contributed by atoms with Crippen LogP contribution in [0.2, 0.25) is 0 Å². The Kier molecular flexibility index (Phi) is 7.10. The lowest BCUT2D eigenvalue weighted by atomic mass is 10.1. The number of amides is 1. The van der Waals surface area contributed by atoms with Crippen molar-refractivity contribution in [3.05, 3.63) is 54.5 Å². The van der Waals surface area contributed by atoms with Crippen molar-refractivity contribution in [2.75, 3.05) is 31.1 Å². The van der Waals surface area contributed by atoms with Crippen molar-refractivity contribution >= 4 is 24.0 Å². The van der Waals surface area contributed by atoms with Crippen molar-refractivity contribution in [2.45, 2.75) is 19.3 Å². The summed E-state index contributed by atoms with van der Waals surface area (Å²) >= 11 is 0. The van der Waals surface area contributed by atoms with Gasteiger partial charge in [-0.05, 0) is 36.6 Å². The lowest BCUT2D eigenvalue weighted by Gasteiger charge is -2.22. The van der Waals surface area contributed by atoms with Gasteiger partial charge < -0.3 is 14.9 Å². The Bertz CT molecular complexity index is 930. The minimum absolute atomic E-state index is 0.210. The standard InChI is InChI=1S/C19H22N6O.CH2O2/c26-18(8-7-16-5-3-9-20-15-16)23-10-4-11-24(14-13-23)19-22-21-17-6-1-2-12-25(17)19;2-1-3/h1-3,5-6,9,12,15H,4,7-8,10-11,13-14H2;1H,(H,2,3). The molecule has 0 bridgehead atoms. The Morgan fingerprint density at radius 1 is 1.10 bits per heavy atom. The third-order valence-corrected chi connectivity index (χ3v) is 4.78. The molecule has 29 heavy (non-hydrogen) atoms. The zero-order valence-corrected chi connectivity index (χ0v) is 16.1. The Morgan fingerprint density at radius 2 is 1.97 bits per heavy atom. The van der Waals surface area contributed by atoms with Crippen molar-refractivity contribution in [1.82, 2.24) is 24.5 Å². The minimum atomic E-state index is -0.250. The van der Waals surface area contributed by atoms with Gasteiger partial charge in [0.25, 0.3) is 6.47 Å².